The van der Waals surface area contributed by atoms with E-state index in [1.807, 2.05) is 0 Å². The third-order valence-electron chi connectivity index (χ3n) is 4.79. The summed E-state index contributed by atoms with van der Waals surface area (Å²) in [7, 11) is 0. The van der Waals surface area contributed by atoms with Gasteiger partial charge < -0.3 is 9.80 Å². The average Bonchev–Trinajstić information content (AvgIpc) is 3.33. The summed E-state index contributed by atoms with van der Waals surface area (Å²) in [5, 5.41) is 16.2. The Labute approximate surface area is 144 Å². The van der Waals surface area contributed by atoms with E-state index in [9.17, 15) is 9.59 Å². The Morgan fingerprint density at radius 1 is 0.960 bits per heavy atom. The number of piperazine rings is 1. The highest BCUT2D eigenvalue weighted by Gasteiger charge is 2.37. The van der Waals surface area contributed by atoms with E-state index in [1.165, 1.54) is 4.80 Å². The zero-order valence-electron chi connectivity index (χ0n) is 13.8. The summed E-state index contributed by atoms with van der Waals surface area (Å²) in [5.74, 6) is -0.330. The minimum atomic E-state index is -0.447. The van der Waals surface area contributed by atoms with Crippen molar-refractivity contribution in [1.29, 1.82) is 0 Å². The number of carbonyl (C=O) groups is 2. The van der Waals surface area contributed by atoms with E-state index in [0.29, 0.717) is 24.6 Å². The molecule has 9 nitrogen and oxygen atoms in total. The number of aromatic nitrogens is 5. The summed E-state index contributed by atoms with van der Waals surface area (Å²) < 4.78 is 0. The number of nitrogens with zero attached hydrogens (tertiary/aromatic N) is 7. The summed E-state index contributed by atoms with van der Waals surface area (Å²) in [6.45, 7) is 1.41. The fourth-order valence-electron chi connectivity index (χ4n) is 3.48. The SMILES string of the molecule is O=C1C(=O)N(C2CCCC2)CCN1Cc1ccc(-n2nccn2)nn1. The summed E-state index contributed by atoms with van der Waals surface area (Å²) in [6.07, 6.45) is 7.41. The molecule has 0 N–H and O–H groups in total. The minimum absolute atomic E-state index is 0.235. The van der Waals surface area contributed by atoms with Gasteiger partial charge in [0, 0.05) is 19.1 Å². The lowest BCUT2D eigenvalue weighted by atomic mass is 10.1. The van der Waals surface area contributed by atoms with Crippen molar-refractivity contribution in [3.63, 3.8) is 0 Å². The summed E-state index contributed by atoms with van der Waals surface area (Å²) in [6, 6.07) is 3.75. The van der Waals surface area contributed by atoms with Crippen molar-refractivity contribution < 1.29 is 9.59 Å². The monoisotopic (exact) mass is 341 g/mol. The first-order valence-corrected chi connectivity index (χ1v) is 8.51. The van der Waals surface area contributed by atoms with Gasteiger partial charge in [-0.25, -0.2) is 0 Å². The van der Waals surface area contributed by atoms with E-state index in [-0.39, 0.29) is 18.5 Å². The molecule has 1 saturated carbocycles. The molecule has 0 atom stereocenters. The van der Waals surface area contributed by atoms with Crippen LogP contribution in [0.3, 0.4) is 0 Å². The van der Waals surface area contributed by atoms with Crippen LogP contribution in [-0.2, 0) is 16.1 Å². The van der Waals surface area contributed by atoms with Crippen molar-refractivity contribution in [3.8, 4) is 5.82 Å². The molecular weight excluding hydrogens is 322 g/mol. The Bertz CT molecular complexity index is 753. The predicted molar refractivity (Wildman–Crippen MR) is 86.3 cm³/mol. The van der Waals surface area contributed by atoms with Crippen molar-refractivity contribution >= 4 is 11.8 Å². The van der Waals surface area contributed by atoms with Crippen LogP contribution < -0.4 is 0 Å². The van der Waals surface area contributed by atoms with E-state index in [1.54, 1.807) is 34.3 Å². The molecule has 2 aromatic rings. The number of amides is 2. The molecule has 2 aliphatic rings. The topological polar surface area (TPSA) is 97.1 Å². The van der Waals surface area contributed by atoms with Crippen LogP contribution in [0, 0.1) is 0 Å². The van der Waals surface area contributed by atoms with Crippen LogP contribution in [0.5, 0.6) is 0 Å². The van der Waals surface area contributed by atoms with Crippen LogP contribution in [0.2, 0.25) is 0 Å². The van der Waals surface area contributed by atoms with Gasteiger partial charge in [-0.15, -0.1) is 9.90 Å². The number of carbonyl (C=O) groups excluding carboxylic acids is 2. The molecule has 2 fully saturated rings. The lowest BCUT2D eigenvalue weighted by Crippen LogP contribution is -2.56. The molecule has 0 aromatic carbocycles. The van der Waals surface area contributed by atoms with Crippen LogP contribution in [0.15, 0.2) is 24.5 Å². The Balaban J connectivity index is 1.41. The van der Waals surface area contributed by atoms with E-state index in [4.69, 9.17) is 0 Å². The van der Waals surface area contributed by atoms with E-state index < -0.39 is 5.91 Å². The van der Waals surface area contributed by atoms with Gasteiger partial charge in [0.2, 0.25) is 0 Å². The number of rotatable bonds is 4. The summed E-state index contributed by atoms with van der Waals surface area (Å²) in [5.41, 5.74) is 0.631. The van der Waals surface area contributed by atoms with Gasteiger partial charge in [0.25, 0.3) is 0 Å². The second-order valence-electron chi connectivity index (χ2n) is 6.36. The van der Waals surface area contributed by atoms with E-state index in [0.717, 1.165) is 25.7 Å². The van der Waals surface area contributed by atoms with Crippen molar-refractivity contribution in [2.24, 2.45) is 0 Å². The molecule has 3 heterocycles. The molecule has 25 heavy (non-hydrogen) atoms. The van der Waals surface area contributed by atoms with Gasteiger partial charge in [0.1, 0.15) is 0 Å². The van der Waals surface area contributed by atoms with Crippen molar-refractivity contribution in [2.75, 3.05) is 13.1 Å². The second-order valence-corrected chi connectivity index (χ2v) is 6.36. The zero-order chi connectivity index (χ0) is 17.2. The van der Waals surface area contributed by atoms with Gasteiger partial charge in [-0.3, -0.25) is 9.59 Å². The summed E-state index contributed by atoms with van der Waals surface area (Å²) in [4.78, 5) is 29.5. The maximum absolute atomic E-state index is 12.4. The number of hydrogen-bond acceptors (Lipinski definition) is 6. The number of hydrogen-bond donors (Lipinski definition) is 0. The van der Waals surface area contributed by atoms with Crippen molar-refractivity contribution in [3.05, 3.63) is 30.2 Å². The van der Waals surface area contributed by atoms with Gasteiger partial charge in [-0.2, -0.15) is 15.3 Å². The maximum atomic E-state index is 12.4. The molecule has 1 aliphatic carbocycles. The smallest absolute Gasteiger partial charge is 0.312 e. The standard InChI is InChI=1S/C16H19N7O2/c24-15-16(25)22(13-3-1-2-4-13)10-9-21(15)11-12-5-6-14(20-19-12)23-17-7-8-18-23/h5-8,13H,1-4,9-11H2. The maximum Gasteiger partial charge on any atom is 0.312 e. The Hall–Kier alpha value is -2.84. The quantitative estimate of drug-likeness (QED) is 0.736. The molecule has 0 bridgehead atoms. The molecule has 2 amide bonds. The molecule has 130 valence electrons. The third kappa shape index (κ3) is 3.09. The minimum Gasteiger partial charge on any atom is -0.330 e. The average molecular weight is 341 g/mol. The molecular formula is C16H19N7O2. The van der Waals surface area contributed by atoms with Gasteiger partial charge in [-0.1, -0.05) is 12.8 Å². The molecule has 4 rings (SSSR count). The second kappa shape index (κ2) is 6.58. The Morgan fingerprint density at radius 3 is 2.40 bits per heavy atom. The highest BCUT2D eigenvalue weighted by atomic mass is 16.2. The van der Waals surface area contributed by atoms with Gasteiger partial charge in [-0.05, 0) is 25.0 Å². The van der Waals surface area contributed by atoms with E-state index >= 15 is 0 Å². The lowest BCUT2D eigenvalue weighted by Gasteiger charge is -2.36. The van der Waals surface area contributed by atoms with Crippen molar-refractivity contribution in [2.45, 2.75) is 38.3 Å². The van der Waals surface area contributed by atoms with Crippen LogP contribution in [0.4, 0.5) is 0 Å². The fraction of sp³-hybridized carbons (Fsp3) is 0.500. The molecule has 1 saturated heterocycles. The van der Waals surface area contributed by atoms with Crippen LogP contribution in [0.25, 0.3) is 5.82 Å². The van der Waals surface area contributed by atoms with Crippen LogP contribution >= 0.6 is 0 Å². The van der Waals surface area contributed by atoms with Gasteiger partial charge >= 0.3 is 11.8 Å². The molecule has 0 unspecified atom stereocenters. The molecule has 0 radical (unpaired) electrons. The first-order chi connectivity index (χ1) is 12.2. The fourth-order valence-corrected chi connectivity index (χ4v) is 3.48. The largest absolute Gasteiger partial charge is 0.330 e. The van der Waals surface area contributed by atoms with Gasteiger partial charge in [0.05, 0.1) is 24.6 Å². The van der Waals surface area contributed by atoms with Crippen molar-refractivity contribution in [1.82, 2.24) is 35.0 Å². The third-order valence-corrected chi connectivity index (χ3v) is 4.79. The molecule has 9 heteroatoms. The first-order valence-electron chi connectivity index (χ1n) is 8.51. The normalized spacial score (nSPS) is 19.0. The summed E-state index contributed by atoms with van der Waals surface area (Å²) >= 11 is 0. The highest BCUT2D eigenvalue weighted by Crippen LogP contribution is 2.25. The molecule has 2 aromatic heterocycles. The first kappa shape index (κ1) is 15.7. The van der Waals surface area contributed by atoms with E-state index in [2.05, 4.69) is 20.4 Å². The van der Waals surface area contributed by atoms with Crippen LogP contribution in [0.1, 0.15) is 31.4 Å². The zero-order valence-corrected chi connectivity index (χ0v) is 13.8. The van der Waals surface area contributed by atoms with Gasteiger partial charge in [0.15, 0.2) is 5.82 Å². The molecule has 0 spiro atoms. The Morgan fingerprint density at radius 2 is 1.72 bits per heavy atom. The predicted octanol–water partition coefficient (Wildman–Crippen LogP) is 0.171. The lowest BCUT2D eigenvalue weighted by molar-refractivity contribution is -0.158. The molecule has 1 aliphatic heterocycles. The van der Waals surface area contributed by atoms with Crippen LogP contribution in [-0.4, -0.2) is 65.9 Å². The Kier molecular flexibility index (Phi) is 4.12. The highest BCUT2D eigenvalue weighted by molar-refractivity contribution is 6.35.